The zero-order chi connectivity index (χ0) is 26.9. The molecule has 37 heavy (non-hydrogen) atoms. The van der Waals surface area contributed by atoms with Crippen LogP contribution in [0, 0.1) is 11.6 Å². The zero-order valence-electron chi connectivity index (χ0n) is 21.4. The van der Waals surface area contributed by atoms with Gasteiger partial charge in [-0.3, -0.25) is 14.4 Å². The lowest BCUT2D eigenvalue weighted by Crippen LogP contribution is -2.52. The van der Waals surface area contributed by atoms with Crippen LogP contribution in [0.2, 0.25) is 0 Å². The normalized spacial score (nSPS) is 16.8. The maximum Gasteiger partial charge on any atom is 0.311 e. The van der Waals surface area contributed by atoms with Crippen molar-refractivity contribution in [3.63, 3.8) is 0 Å². The van der Waals surface area contributed by atoms with Gasteiger partial charge in [-0.2, -0.15) is 0 Å². The number of rotatable bonds is 5. The summed E-state index contributed by atoms with van der Waals surface area (Å²) in [7, 11) is 2.98. The fourth-order valence-corrected chi connectivity index (χ4v) is 4.97. The predicted molar refractivity (Wildman–Crippen MR) is 138 cm³/mol. The van der Waals surface area contributed by atoms with Crippen molar-refractivity contribution in [1.29, 1.82) is 0 Å². The van der Waals surface area contributed by atoms with E-state index < -0.39 is 35.5 Å². The molecule has 0 bridgehead atoms. The second kappa shape index (κ2) is 10.7. The largest absolute Gasteiger partial charge is 0.343 e. The molecule has 8 heteroatoms. The van der Waals surface area contributed by atoms with Gasteiger partial charge in [-0.1, -0.05) is 50.2 Å². The third-order valence-corrected chi connectivity index (χ3v) is 6.92. The number of carbonyl (C=O) groups is 2. The molecule has 0 fully saturated rings. The van der Waals surface area contributed by atoms with Crippen LogP contribution in [0.15, 0.2) is 59.4 Å². The third kappa shape index (κ3) is 5.33. The van der Waals surface area contributed by atoms with Gasteiger partial charge in [-0.05, 0) is 54.5 Å². The third-order valence-electron chi connectivity index (χ3n) is 6.92. The average molecular weight is 508 g/mol. The van der Waals surface area contributed by atoms with Gasteiger partial charge < -0.3 is 14.8 Å². The minimum absolute atomic E-state index is 0.0238. The lowest BCUT2D eigenvalue weighted by atomic mass is 9.88. The van der Waals surface area contributed by atoms with Gasteiger partial charge in [0.15, 0.2) is 0 Å². The number of nitrogens with one attached hydrogen (secondary N) is 1. The number of carbonyl (C=O) groups excluding carboxylic acids is 2. The van der Waals surface area contributed by atoms with E-state index in [1.807, 2.05) is 26.0 Å². The molecule has 4 rings (SSSR count). The molecule has 0 saturated heterocycles. The number of fused-ring (bicyclic) bond motifs is 1. The van der Waals surface area contributed by atoms with Crippen LogP contribution in [0.5, 0.6) is 0 Å². The summed E-state index contributed by atoms with van der Waals surface area (Å²) in [5.74, 6) is -2.48. The molecule has 1 aromatic heterocycles. The Morgan fingerprint density at radius 3 is 2.49 bits per heavy atom. The Morgan fingerprint density at radius 1 is 1.08 bits per heavy atom. The van der Waals surface area contributed by atoms with Crippen LogP contribution in [0.4, 0.5) is 8.78 Å². The number of hydrogen-bond donors (Lipinski definition) is 1. The van der Waals surface area contributed by atoms with Gasteiger partial charge in [0.05, 0.1) is 12.1 Å². The molecule has 0 spiro atoms. The summed E-state index contributed by atoms with van der Waals surface area (Å²) in [6.07, 6.45) is 1.12. The Kier molecular flexibility index (Phi) is 7.57. The van der Waals surface area contributed by atoms with Crippen LogP contribution in [-0.2, 0) is 22.4 Å². The van der Waals surface area contributed by atoms with E-state index in [1.165, 1.54) is 37.2 Å². The van der Waals surface area contributed by atoms with E-state index in [4.69, 9.17) is 0 Å². The van der Waals surface area contributed by atoms with Crippen LogP contribution in [-0.4, -0.2) is 41.4 Å². The summed E-state index contributed by atoms with van der Waals surface area (Å²) in [5, 5.41) is 2.80. The monoisotopic (exact) mass is 507 g/mol. The molecule has 0 radical (unpaired) electrons. The molecular formula is C29H31F2N3O3. The van der Waals surface area contributed by atoms with E-state index in [0.29, 0.717) is 29.5 Å². The van der Waals surface area contributed by atoms with E-state index in [9.17, 15) is 18.8 Å². The number of pyridine rings is 1. The second-order valence-electron chi connectivity index (χ2n) is 9.99. The first-order valence-electron chi connectivity index (χ1n) is 12.4. The Hall–Kier alpha value is -3.81. The van der Waals surface area contributed by atoms with Crippen molar-refractivity contribution in [2.24, 2.45) is 0 Å². The van der Waals surface area contributed by atoms with Crippen molar-refractivity contribution >= 4 is 11.8 Å². The van der Waals surface area contributed by atoms with Crippen molar-refractivity contribution in [1.82, 2.24) is 14.8 Å². The Bertz CT molecular complexity index is 1400. The minimum Gasteiger partial charge on any atom is -0.343 e. The molecule has 1 aliphatic heterocycles. The average Bonchev–Trinajstić information content (AvgIpc) is 2.85. The zero-order valence-corrected chi connectivity index (χ0v) is 21.4. The SMILES string of the molecule is CC(C)c1ccc2n(c1=O)[C@@H](Cc1cccc(-c3cccc(F)c3)c1F)[C@@H](NC(=O)C(=O)N(C)C)CC2. The number of aryl methyl sites for hydroxylation is 1. The number of aromatic nitrogens is 1. The summed E-state index contributed by atoms with van der Waals surface area (Å²) in [6, 6.07) is 13.2. The fraction of sp³-hybridized carbons (Fsp3) is 0.345. The summed E-state index contributed by atoms with van der Waals surface area (Å²) >= 11 is 0. The van der Waals surface area contributed by atoms with Crippen LogP contribution in [0.1, 0.15) is 49.0 Å². The number of halogens is 2. The molecule has 194 valence electrons. The highest BCUT2D eigenvalue weighted by Crippen LogP contribution is 2.32. The standard InChI is InChI=1S/C29H31F2N3O3/c1-17(2)22-13-11-21-12-14-24(32-27(35)29(37)33(3)4)25(34(21)28(22)36)16-19-8-6-10-23(26(19)31)18-7-5-9-20(30)15-18/h5-11,13,15,17,24-25H,12,14,16H2,1-4H3,(H,32,35)/t24-,25-/m0/s1. The summed E-state index contributed by atoms with van der Waals surface area (Å²) < 4.78 is 31.3. The van der Waals surface area contributed by atoms with Crippen molar-refractivity contribution in [3.05, 3.63) is 93.4 Å². The second-order valence-corrected chi connectivity index (χ2v) is 9.99. The van der Waals surface area contributed by atoms with Crippen LogP contribution < -0.4 is 10.9 Å². The Balaban J connectivity index is 1.79. The van der Waals surface area contributed by atoms with Gasteiger partial charge in [0.1, 0.15) is 11.6 Å². The van der Waals surface area contributed by atoms with Crippen LogP contribution in [0.25, 0.3) is 11.1 Å². The smallest absolute Gasteiger partial charge is 0.311 e. The van der Waals surface area contributed by atoms with E-state index in [0.717, 1.165) is 5.69 Å². The molecule has 2 aromatic carbocycles. The highest BCUT2D eigenvalue weighted by atomic mass is 19.1. The number of nitrogens with zero attached hydrogens (tertiary/aromatic N) is 2. The van der Waals surface area contributed by atoms with Gasteiger partial charge in [0.25, 0.3) is 5.56 Å². The number of likely N-dealkylation sites (N-methyl/N-ethyl adjacent to an activating group) is 1. The van der Waals surface area contributed by atoms with Gasteiger partial charge >= 0.3 is 11.8 Å². The summed E-state index contributed by atoms with van der Waals surface area (Å²) in [5.41, 5.74) is 2.23. The molecule has 2 heterocycles. The van der Waals surface area contributed by atoms with Crippen LogP contribution in [0.3, 0.4) is 0 Å². The minimum atomic E-state index is -0.773. The number of benzene rings is 2. The topological polar surface area (TPSA) is 71.4 Å². The lowest BCUT2D eigenvalue weighted by Gasteiger charge is -2.36. The maximum atomic E-state index is 15.8. The molecule has 0 unspecified atom stereocenters. The molecule has 2 amide bonds. The molecule has 2 atom stereocenters. The molecule has 0 aliphatic carbocycles. The van der Waals surface area contributed by atoms with Crippen molar-refractivity contribution in [2.45, 2.75) is 51.1 Å². The van der Waals surface area contributed by atoms with Crippen molar-refractivity contribution in [2.75, 3.05) is 14.1 Å². The van der Waals surface area contributed by atoms with Crippen LogP contribution >= 0.6 is 0 Å². The molecule has 6 nitrogen and oxygen atoms in total. The lowest BCUT2D eigenvalue weighted by molar-refractivity contribution is -0.144. The predicted octanol–water partition coefficient (Wildman–Crippen LogP) is 4.22. The van der Waals surface area contributed by atoms with E-state index in [2.05, 4.69) is 5.32 Å². The molecule has 1 aliphatic rings. The first-order valence-corrected chi connectivity index (χ1v) is 12.4. The Morgan fingerprint density at radius 2 is 1.81 bits per heavy atom. The van der Waals surface area contributed by atoms with E-state index >= 15 is 4.39 Å². The fourth-order valence-electron chi connectivity index (χ4n) is 4.97. The molecule has 3 aromatic rings. The first kappa shape index (κ1) is 26.3. The molecule has 1 N–H and O–H groups in total. The quantitative estimate of drug-likeness (QED) is 0.526. The molecular weight excluding hydrogens is 476 g/mol. The van der Waals surface area contributed by atoms with Gasteiger partial charge in [0.2, 0.25) is 0 Å². The maximum absolute atomic E-state index is 15.8. The van der Waals surface area contributed by atoms with Gasteiger partial charge in [-0.15, -0.1) is 0 Å². The van der Waals surface area contributed by atoms with Gasteiger partial charge in [-0.25, -0.2) is 8.78 Å². The molecule has 0 saturated carbocycles. The first-order chi connectivity index (χ1) is 17.6. The Labute approximate surface area is 214 Å². The van der Waals surface area contributed by atoms with Gasteiger partial charge in [0, 0.05) is 30.9 Å². The number of hydrogen-bond acceptors (Lipinski definition) is 3. The van der Waals surface area contributed by atoms with E-state index in [1.54, 1.807) is 28.8 Å². The summed E-state index contributed by atoms with van der Waals surface area (Å²) in [4.78, 5) is 39.7. The number of amides is 2. The van der Waals surface area contributed by atoms with Crippen molar-refractivity contribution < 1.29 is 18.4 Å². The van der Waals surface area contributed by atoms with Crippen molar-refractivity contribution in [3.8, 4) is 11.1 Å². The van der Waals surface area contributed by atoms with E-state index in [-0.39, 0.29) is 23.5 Å². The summed E-state index contributed by atoms with van der Waals surface area (Å²) in [6.45, 7) is 3.86. The highest BCUT2D eigenvalue weighted by Gasteiger charge is 2.34. The highest BCUT2D eigenvalue weighted by molar-refractivity contribution is 6.34.